The van der Waals surface area contributed by atoms with Gasteiger partial charge in [0.15, 0.2) is 0 Å². The molecule has 68 valence electrons. The second-order valence-electron chi connectivity index (χ2n) is 2.75. The van der Waals surface area contributed by atoms with Crippen molar-refractivity contribution in [2.24, 2.45) is 0 Å². The van der Waals surface area contributed by atoms with Crippen LogP contribution in [0.5, 0.6) is 0 Å². The molecule has 1 N–H and O–H groups in total. The van der Waals surface area contributed by atoms with Crippen molar-refractivity contribution in [1.29, 1.82) is 0 Å². The molecule has 0 aliphatic carbocycles. The summed E-state index contributed by atoms with van der Waals surface area (Å²) in [6, 6.07) is 0. The zero-order valence-electron chi connectivity index (χ0n) is 7.89. The van der Waals surface area contributed by atoms with Gasteiger partial charge in [-0.3, -0.25) is 0 Å². The van der Waals surface area contributed by atoms with Gasteiger partial charge in [0, 0.05) is 25.4 Å². The normalized spacial score (nSPS) is 16.4. The predicted octanol–water partition coefficient (Wildman–Crippen LogP) is 1.36. The lowest BCUT2D eigenvalue weighted by Crippen LogP contribution is -2.30. The standard InChI is InChI=1S/C8H19NOS/c1-7(10-3)5-9-6-8(2)11-4/h7-9H,5-6H2,1-4H3. The molecule has 0 spiro atoms. The van der Waals surface area contributed by atoms with Gasteiger partial charge in [-0.1, -0.05) is 6.92 Å². The van der Waals surface area contributed by atoms with E-state index in [1.165, 1.54) is 0 Å². The summed E-state index contributed by atoms with van der Waals surface area (Å²) in [4.78, 5) is 0. The lowest BCUT2D eigenvalue weighted by Gasteiger charge is -2.13. The Bertz CT molecular complexity index is 80.2. The summed E-state index contributed by atoms with van der Waals surface area (Å²) in [6.07, 6.45) is 2.45. The van der Waals surface area contributed by atoms with Gasteiger partial charge < -0.3 is 10.1 Å². The highest BCUT2D eigenvalue weighted by Gasteiger charge is 2.00. The van der Waals surface area contributed by atoms with E-state index in [-0.39, 0.29) is 0 Å². The zero-order chi connectivity index (χ0) is 8.69. The molecule has 2 nitrogen and oxygen atoms in total. The summed E-state index contributed by atoms with van der Waals surface area (Å²) >= 11 is 1.88. The molecule has 0 bridgehead atoms. The molecule has 0 amide bonds. The number of hydrogen-bond donors (Lipinski definition) is 1. The molecule has 0 aromatic rings. The molecule has 11 heavy (non-hydrogen) atoms. The second-order valence-corrected chi connectivity index (χ2v) is 4.03. The van der Waals surface area contributed by atoms with Crippen LogP contribution in [0.3, 0.4) is 0 Å². The minimum absolute atomic E-state index is 0.323. The summed E-state index contributed by atoms with van der Waals surface area (Å²) < 4.78 is 5.10. The minimum Gasteiger partial charge on any atom is -0.380 e. The maximum absolute atomic E-state index is 5.10. The Morgan fingerprint density at radius 1 is 1.36 bits per heavy atom. The van der Waals surface area contributed by atoms with E-state index < -0.39 is 0 Å². The molecule has 2 unspecified atom stereocenters. The molecule has 2 atom stereocenters. The number of hydrogen-bond acceptors (Lipinski definition) is 3. The summed E-state index contributed by atoms with van der Waals surface area (Å²) in [5, 5.41) is 4.03. The first kappa shape index (κ1) is 11.3. The molecule has 3 heteroatoms. The predicted molar refractivity (Wildman–Crippen MR) is 52.3 cm³/mol. The molecule has 0 fully saturated rings. The van der Waals surface area contributed by atoms with Gasteiger partial charge in [-0.05, 0) is 13.2 Å². The zero-order valence-corrected chi connectivity index (χ0v) is 8.70. The van der Waals surface area contributed by atoms with Crippen LogP contribution < -0.4 is 5.32 Å². The minimum atomic E-state index is 0.323. The Labute approximate surface area is 74.1 Å². The number of nitrogens with one attached hydrogen (secondary N) is 1. The van der Waals surface area contributed by atoms with E-state index in [9.17, 15) is 0 Å². The van der Waals surface area contributed by atoms with Crippen molar-refractivity contribution in [1.82, 2.24) is 5.32 Å². The van der Waals surface area contributed by atoms with Crippen LogP contribution in [0.2, 0.25) is 0 Å². The van der Waals surface area contributed by atoms with Crippen molar-refractivity contribution in [2.75, 3.05) is 26.5 Å². The first-order valence-corrected chi connectivity index (χ1v) is 5.25. The van der Waals surface area contributed by atoms with E-state index in [1.54, 1.807) is 7.11 Å². The molecule has 0 rings (SSSR count). The number of thioether (sulfide) groups is 1. The van der Waals surface area contributed by atoms with E-state index in [0.717, 1.165) is 13.1 Å². The van der Waals surface area contributed by atoms with Crippen LogP contribution in [0, 0.1) is 0 Å². The van der Waals surface area contributed by atoms with Gasteiger partial charge in [0.05, 0.1) is 6.10 Å². The monoisotopic (exact) mass is 177 g/mol. The van der Waals surface area contributed by atoms with Gasteiger partial charge in [0.2, 0.25) is 0 Å². The summed E-state index contributed by atoms with van der Waals surface area (Å²) in [5.41, 5.74) is 0. The second kappa shape index (κ2) is 6.95. The molecule has 0 heterocycles. The van der Waals surface area contributed by atoms with E-state index in [1.807, 2.05) is 11.8 Å². The van der Waals surface area contributed by atoms with Gasteiger partial charge in [0.1, 0.15) is 0 Å². The number of ether oxygens (including phenoxy) is 1. The topological polar surface area (TPSA) is 21.3 Å². The third-order valence-corrected chi connectivity index (χ3v) is 2.64. The number of methoxy groups -OCH3 is 1. The Hall–Kier alpha value is 0.270. The SMILES string of the molecule is COC(C)CNCC(C)SC. The summed E-state index contributed by atoms with van der Waals surface area (Å²) in [6.45, 7) is 6.29. The van der Waals surface area contributed by atoms with Crippen LogP contribution in [-0.2, 0) is 4.74 Å². The first-order chi connectivity index (χ1) is 5.20. The Morgan fingerprint density at radius 3 is 2.45 bits per heavy atom. The highest BCUT2D eigenvalue weighted by atomic mass is 32.2. The fourth-order valence-electron chi connectivity index (χ4n) is 0.657. The third kappa shape index (κ3) is 6.66. The highest BCUT2D eigenvalue weighted by Crippen LogP contribution is 2.02. The Kier molecular flexibility index (Phi) is 7.12. The summed E-state index contributed by atoms with van der Waals surface area (Å²) in [5.74, 6) is 0. The fourth-order valence-corrected chi connectivity index (χ4v) is 0.941. The Balaban J connectivity index is 3.13. The van der Waals surface area contributed by atoms with Gasteiger partial charge in [-0.25, -0.2) is 0 Å². The van der Waals surface area contributed by atoms with E-state index >= 15 is 0 Å². The molecular formula is C8H19NOS. The first-order valence-electron chi connectivity index (χ1n) is 3.97. The Morgan fingerprint density at radius 2 is 2.00 bits per heavy atom. The molecule has 0 saturated carbocycles. The van der Waals surface area contributed by atoms with E-state index in [2.05, 4.69) is 25.4 Å². The van der Waals surface area contributed by atoms with Crippen LogP contribution in [0.1, 0.15) is 13.8 Å². The lowest BCUT2D eigenvalue weighted by atomic mass is 10.4. The largest absolute Gasteiger partial charge is 0.380 e. The van der Waals surface area contributed by atoms with Crippen LogP contribution in [0.15, 0.2) is 0 Å². The average Bonchev–Trinajstić information content (AvgIpc) is 2.04. The van der Waals surface area contributed by atoms with Gasteiger partial charge in [-0.2, -0.15) is 11.8 Å². The molecule has 0 aliphatic rings. The smallest absolute Gasteiger partial charge is 0.0667 e. The van der Waals surface area contributed by atoms with Crippen molar-refractivity contribution in [2.45, 2.75) is 25.2 Å². The average molecular weight is 177 g/mol. The van der Waals surface area contributed by atoms with Gasteiger partial charge in [-0.15, -0.1) is 0 Å². The van der Waals surface area contributed by atoms with Crippen LogP contribution in [0.25, 0.3) is 0 Å². The van der Waals surface area contributed by atoms with E-state index in [0.29, 0.717) is 11.4 Å². The molecular weight excluding hydrogens is 158 g/mol. The van der Waals surface area contributed by atoms with Gasteiger partial charge >= 0.3 is 0 Å². The van der Waals surface area contributed by atoms with Crippen LogP contribution >= 0.6 is 11.8 Å². The van der Waals surface area contributed by atoms with Crippen molar-refractivity contribution in [3.63, 3.8) is 0 Å². The van der Waals surface area contributed by atoms with Crippen LogP contribution in [0.4, 0.5) is 0 Å². The summed E-state index contributed by atoms with van der Waals surface area (Å²) in [7, 11) is 1.74. The van der Waals surface area contributed by atoms with Gasteiger partial charge in [0.25, 0.3) is 0 Å². The molecule has 0 saturated heterocycles. The maximum atomic E-state index is 5.10. The lowest BCUT2D eigenvalue weighted by molar-refractivity contribution is 0.117. The maximum Gasteiger partial charge on any atom is 0.0667 e. The van der Waals surface area contributed by atoms with Crippen LogP contribution in [-0.4, -0.2) is 37.8 Å². The molecule has 0 aromatic heterocycles. The number of rotatable bonds is 6. The van der Waals surface area contributed by atoms with E-state index in [4.69, 9.17) is 4.74 Å². The van der Waals surface area contributed by atoms with Crippen molar-refractivity contribution < 1.29 is 4.74 Å². The van der Waals surface area contributed by atoms with Crippen molar-refractivity contribution in [3.05, 3.63) is 0 Å². The molecule has 0 aliphatic heterocycles. The third-order valence-electron chi connectivity index (χ3n) is 1.67. The highest BCUT2D eigenvalue weighted by molar-refractivity contribution is 7.99. The van der Waals surface area contributed by atoms with Crippen molar-refractivity contribution >= 4 is 11.8 Å². The molecule has 0 radical (unpaired) electrons. The fraction of sp³-hybridized carbons (Fsp3) is 1.00. The quantitative estimate of drug-likeness (QED) is 0.662. The van der Waals surface area contributed by atoms with Crippen molar-refractivity contribution in [3.8, 4) is 0 Å². The molecule has 0 aromatic carbocycles.